The molecule has 0 fully saturated rings. The van der Waals surface area contributed by atoms with Gasteiger partial charge in [0, 0.05) is 12.6 Å². The van der Waals surface area contributed by atoms with Gasteiger partial charge in [0.2, 0.25) is 5.91 Å². The fraction of sp³-hybridized carbons (Fsp3) is 0.222. The third-order valence-electron chi connectivity index (χ3n) is 5.90. The maximum atomic E-state index is 13.5. The molecule has 0 saturated carbocycles. The lowest BCUT2D eigenvalue weighted by Crippen LogP contribution is -2.39. The molecule has 1 atom stereocenters. The van der Waals surface area contributed by atoms with Crippen molar-refractivity contribution in [3.8, 4) is 11.5 Å². The Hall–Kier alpha value is -3.74. The molecule has 0 aromatic heterocycles. The summed E-state index contributed by atoms with van der Waals surface area (Å²) in [5.41, 5.74) is 2.09. The van der Waals surface area contributed by atoms with Crippen LogP contribution in [0.5, 0.6) is 11.5 Å². The van der Waals surface area contributed by atoms with Crippen LogP contribution >= 0.6 is 0 Å². The number of nitrogens with zero attached hydrogens (tertiary/aromatic N) is 1. The average Bonchev–Trinajstić information content (AvgIpc) is 2.85. The number of alkyl halides is 3. The zero-order valence-corrected chi connectivity index (χ0v) is 18.8. The predicted molar refractivity (Wildman–Crippen MR) is 124 cm³/mol. The van der Waals surface area contributed by atoms with Crippen molar-refractivity contribution >= 4 is 12.0 Å². The summed E-state index contributed by atoms with van der Waals surface area (Å²) in [6, 6.07) is 17.4. The molecule has 4 nitrogen and oxygen atoms in total. The smallest absolute Gasteiger partial charge is 0.416 e. The van der Waals surface area contributed by atoms with Crippen molar-refractivity contribution in [3.63, 3.8) is 0 Å². The van der Waals surface area contributed by atoms with Crippen molar-refractivity contribution in [2.75, 3.05) is 20.8 Å². The van der Waals surface area contributed by atoms with Gasteiger partial charge in [-0.25, -0.2) is 0 Å². The molecule has 3 aromatic carbocycles. The lowest BCUT2D eigenvalue weighted by molar-refractivity contribution is -0.137. The summed E-state index contributed by atoms with van der Waals surface area (Å²) < 4.78 is 51.3. The van der Waals surface area contributed by atoms with E-state index in [1.807, 2.05) is 36.4 Å². The fourth-order valence-corrected chi connectivity index (χ4v) is 4.26. The van der Waals surface area contributed by atoms with Gasteiger partial charge in [-0.1, -0.05) is 42.5 Å². The molecule has 3 aromatic rings. The molecule has 0 N–H and O–H groups in total. The molecule has 0 spiro atoms. The number of carbonyl (C=O) groups excluding carboxylic acids is 1. The van der Waals surface area contributed by atoms with E-state index in [9.17, 15) is 18.0 Å². The Morgan fingerprint density at radius 1 is 0.971 bits per heavy atom. The Bertz CT molecular complexity index is 1210. The minimum atomic E-state index is -4.49. The van der Waals surface area contributed by atoms with E-state index in [2.05, 4.69) is 0 Å². The first kappa shape index (κ1) is 23.4. The summed E-state index contributed by atoms with van der Waals surface area (Å²) in [6.45, 7) is 0.349. The van der Waals surface area contributed by atoms with Gasteiger partial charge < -0.3 is 14.4 Å². The number of ether oxygens (including phenoxy) is 2. The Morgan fingerprint density at radius 2 is 1.68 bits per heavy atom. The second kappa shape index (κ2) is 9.63. The van der Waals surface area contributed by atoms with Crippen LogP contribution in [0.4, 0.5) is 13.2 Å². The number of hydrogen-bond acceptors (Lipinski definition) is 3. The summed E-state index contributed by atoms with van der Waals surface area (Å²) in [6.07, 6.45) is -0.791. The van der Waals surface area contributed by atoms with Gasteiger partial charge in [0.05, 0.1) is 25.8 Å². The number of halogens is 3. The summed E-state index contributed by atoms with van der Waals surface area (Å²) in [5, 5.41) is 0. The number of carbonyl (C=O) groups is 1. The van der Waals surface area contributed by atoms with Crippen LogP contribution in [-0.4, -0.2) is 31.6 Å². The molecule has 34 heavy (non-hydrogen) atoms. The van der Waals surface area contributed by atoms with Crippen molar-refractivity contribution < 1.29 is 27.4 Å². The number of fused-ring (bicyclic) bond motifs is 1. The largest absolute Gasteiger partial charge is 0.493 e. The van der Waals surface area contributed by atoms with Crippen molar-refractivity contribution in [3.05, 3.63) is 101 Å². The van der Waals surface area contributed by atoms with E-state index >= 15 is 0 Å². The van der Waals surface area contributed by atoms with Gasteiger partial charge in [-0.3, -0.25) is 4.79 Å². The van der Waals surface area contributed by atoms with Gasteiger partial charge in [-0.15, -0.1) is 0 Å². The van der Waals surface area contributed by atoms with Crippen LogP contribution in [0.15, 0.2) is 72.8 Å². The third kappa shape index (κ3) is 4.78. The van der Waals surface area contributed by atoms with E-state index < -0.39 is 17.8 Å². The van der Waals surface area contributed by atoms with Gasteiger partial charge in [0.25, 0.3) is 0 Å². The molecular weight excluding hydrogens is 443 g/mol. The van der Waals surface area contributed by atoms with E-state index in [0.29, 0.717) is 35.6 Å². The van der Waals surface area contributed by atoms with Gasteiger partial charge >= 0.3 is 6.18 Å². The monoisotopic (exact) mass is 467 g/mol. The van der Waals surface area contributed by atoms with Crippen LogP contribution in [0.1, 0.15) is 33.9 Å². The van der Waals surface area contributed by atoms with Crippen molar-refractivity contribution in [2.45, 2.75) is 18.6 Å². The lowest BCUT2D eigenvalue weighted by Gasteiger charge is -2.38. The van der Waals surface area contributed by atoms with Gasteiger partial charge in [-0.2, -0.15) is 13.2 Å². The molecule has 0 aliphatic carbocycles. The predicted octanol–water partition coefficient (Wildman–Crippen LogP) is 5.91. The minimum Gasteiger partial charge on any atom is -0.493 e. The van der Waals surface area contributed by atoms with E-state index in [0.717, 1.165) is 23.3 Å². The number of methoxy groups -OCH3 is 2. The molecule has 1 heterocycles. The van der Waals surface area contributed by atoms with Gasteiger partial charge in [0.1, 0.15) is 0 Å². The Morgan fingerprint density at radius 3 is 2.35 bits per heavy atom. The first-order valence-corrected chi connectivity index (χ1v) is 10.8. The lowest BCUT2D eigenvalue weighted by atomic mass is 9.87. The highest BCUT2D eigenvalue weighted by Crippen LogP contribution is 2.42. The minimum absolute atomic E-state index is 0.285. The molecule has 0 bridgehead atoms. The zero-order valence-electron chi connectivity index (χ0n) is 18.8. The normalized spacial score (nSPS) is 15.8. The highest BCUT2D eigenvalue weighted by molar-refractivity contribution is 5.92. The highest BCUT2D eigenvalue weighted by Gasteiger charge is 2.35. The molecule has 0 unspecified atom stereocenters. The molecule has 4 rings (SSSR count). The third-order valence-corrected chi connectivity index (χ3v) is 5.90. The van der Waals surface area contributed by atoms with Gasteiger partial charge in [-0.05, 0) is 59.0 Å². The summed E-state index contributed by atoms with van der Waals surface area (Å²) in [4.78, 5) is 14.9. The van der Waals surface area contributed by atoms with E-state index in [1.165, 1.54) is 26.4 Å². The Kier molecular flexibility index (Phi) is 6.63. The second-order valence-corrected chi connectivity index (χ2v) is 7.96. The molecule has 1 aliphatic rings. The number of rotatable bonds is 5. The molecule has 0 radical (unpaired) electrons. The van der Waals surface area contributed by atoms with Crippen LogP contribution in [0, 0.1) is 0 Å². The first-order valence-electron chi connectivity index (χ1n) is 10.8. The molecule has 0 saturated heterocycles. The molecular formula is C27H24F3NO3. The van der Waals surface area contributed by atoms with Crippen molar-refractivity contribution in [2.24, 2.45) is 0 Å². The molecule has 7 heteroatoms. The van der Waals surface area contributed by atoms with Crippen LogP contribution in [-0.2, 0) is 17.4 Å². The van der Waals surface area contributed by atoms with Crippen LogP contribution in [0.25, 0.3) is 6.08 Å². The SMILES string of the molecule is COc1cc2c(cc1OC)[C@H](c1cccc(C(F)(F)F)c1)N(C(=O)/C=C/c1ccccc1)CC2. The first-order chi connectivity index (χ1) is 16.3. The molecule has 1 amide bonds. The van der Waals surface area contributed by atoms with E-state index in [1.54, 1.807) is 23.1 Å². The Balaban J connectivity index is 1.81. The maximum Gasteiger partial charge on any atom is 0.416 e. The van der Waals surface area contributed by atoms with E-state index in [4.69, 9.17) is 9.47 Å². The molecule has 176 valence electrons. The standard InChI is InChI=1S/C27H24F3NO3/c1-33-23-16-19-13-14-31(25(32)12-11-18-7-4-3-5-8-18)26(22(19)17-24(23)34-2)20-9-6-10-21(15-20)27(28,29)30/h3-12,15-17,26H,13-14H2,1-2H3/b12-11+/t26-/m0/s1. The van der Waals surface area contributed by atoms with Crippen LogP contribution in [0.2, 0.25) is 0 Å². The quantitative estimate of drug-likeness (QED) is 0.438. The number of amides is 1. The second-order valence-electron chi connectivity index (χ2n) is 7.96. The summed E-state index contributed by atoms with van der Waals surface area (Å²) in [7, 11) is 3.03. The van der Waals surface area contributed by atoms with Crippen LogP contribution in [0.3, 0.4) is 0 Å². The zero-order chi connectivity index (χ0) is 24.3. The Labute approximate surface area is 196 Å². The summed E-state index contributed by atoms with van der Waals surface area (Å²) >= 11 is 0. The van der Waals surface area contributed by atoms with Crippen molar-refractivity contribution in [1.29, 1.82) is 0 Å². The topological polar surface area (TPSA) is 38.8 Å². The number of benzene rings is 3. The van der Waals surface area contributed by atoms with Gasteiger partial charge in [0.15, 0.2) is 11.5 Å². The maximum absolute atomic E-state index is 13.5. The number of hydrogen-bond donors (Lipinski definition) is 0. The fourth-order valence-electron chi connectivity index (χ4n) is 4.26. The van der Waals surface area contributed by atoms with Crippen LogP contribution < -0.4 is 9.47 Å². The highest BCUT2D eigenvalue weighted by atomic mass is 19.4. The summed E-state index contributed by atoms with van der Waals surface area (Å²) in [5.74, 6) is 0.701. The van der Waals surface area contributed by atoms with Crippen molar-refractivity contribution in [1.82, 2.24) is 4.90 Å². The van der Waals surface area contributed by atoms with E-state index in [-0.39, 0.29) is 5.91 Å². The molecule has 1 aliphatic heterocycles. The average molecular weight is 467 g/mol.